The van der Waals surface area contributed by atoms with Gasteiger partial charge in [-0.3, -0.25) is 14.4 Å². The van der Waals surface area contributed by atoms with Crippen molar-refractivity contribution in [2.75, 3.05) is 13.2 Å². The highest BCUT2D eigenvalue weighted by Crippen LogP contribution is 2.28. The summed E-state index contributed by atoms with van der Waals surface area (Å²) >= 11 is 0. The summed E-state index contributed by atoms with van der Waals surface area (Å²) < 4.78 is 46.0. The van der Waals surface area contributed by atoms with Gasteiger partial charge in [-0.1, -0.05) is 13.8 Å². The summed E-state index contributed by atoms with van der Waals surface area (Å²) in [4.78, 5) is 39.3. The number of carbonyl (C=O) groups excluding carboxylic acids is 3. The van der Waals surface area contributed by atoms with Crippen molar-refractivity contribution in [2.45, 2.75) is 51.2 Å². The molecule has 2 amide bonds. The summed E-state index contributed by atoms with van der Waals surface area (Å²) in [7, 11) is 0. The van der Waals surface area contributed by atoms with E-state index in [9.17, 15) is 27.6 Å². The first kappa shape index (κ1) is 22.1. The van der Waals surface area contributed by atoms with Crippen LogP contribution >= 0.6 is 0 Å². The van der Waals surface area contributed by atoms with Gasteiger partial charge in [-0.05, 0) is 43.0 Å². The van der Waals surface area contributed by atoms with Gasteiger partial charge in [-0.25, -0.2) is 0 Å². The molecule has 10 heteroatoms. The zero-order chi connectivity index (χ0) is 22.1. The van der Waals surface area contributed by atoms with E-state index in [0.717, 1.165) is 12.1 Å². The Morgan fingerprint density at radius 3 is 2.53 bits per heavy atom. The average Bonchev–Trinajstić information content (AvgIpc) is 3.22. The summed E-state index contributed by atoms with van der Waals surface area (Å²) in [5.41, 5.74) is 0.0886. The lowest BCUT2D eigenvalue weighted by Crippen LogP contribution is -2.52. The van der Waals surface area contributed by atoms with Gasteiger partial charge in [0.05, 0.1) is 6.10 Å². The van der Waals surface area contributed by atoms with E-state index in [1.807, 2.05) is 13.8 Å². The van der Waals surface area contributed by atoms with E-state index in [2.05, 4.69) is 10.1 Å². The Morgan fingerprint density at radius 1 is 1.27 bits per heavy atom. The van der Waals surface area contributed by atoms with E-state index in [0.29, 0.717) is 19.4 Å². The third kappa shape index (κ3) is 5.10. The number of ketones is 1. The van der Waals surface area contributed by atoms with Gasteiger partial charge >= 0.3 is 6.36 Å². The fourth-order valence-electron chi connectivity index (χ4n) is 3.78. The van der Waals surface area contributed by atoms with Crippen LogP contribution in [0.25, 0.3) is 0 Å². The van der Waals surface area contributed by atoms with Crippen molar-refractivity contribution < 1.29 is 37.0 Å². The minimum Gasteiger partial charge on any atom is -0.406 e. The fraction of sp³-hybridized carbons (Fsp3) is 0.550. The van der Waals surface area contributed by atoms with Crippen LogP contribution in [0.2, 0.25) is 0 Å². The Bertz CT molecular complexity index is 810. The molecule has 1 aromatic carbocycles. The number of hydrogen-bond acceptors (Lipinski definition) is 5. The van der Waals surface area contributed by atoms with Crippen LogP contribution in [0.3, 0.4) is 0 Å². The predicted molar refractivity (Wildman–Crippen MR) is 98.7 cm³/mol. The van der Waals surface area contributed by atoms with E-state index in [4.69, 9.17) is 4.74 Å². The number of carbonyl (C=O) groups is 3. The van der Waals surface area contributed by atoms with Crippen molar-refractivity contribution in [3.63, 3.8) is 0 Å². The minimum absolute atomic E-state index is 0.0212. The molecule has 164 valence electrons. The molecule has 0 bridgehead atoms. The summed E-state index contributed by atoms with van der Waals surface area (Å²) in [6.45, 7) is 4.14. The maximum atomic E-state index is 13.1. The standard InChI is InChI=1S/C20H23F3N2O5/c1-11(2)9-14(19(28)25-8-7-16-17(25)15(26)10-29-16)24-18(27)12-3-5-13(6-4-12)30-20(21,22)23/h3-6,11,14,16-17H,7-10H2,1-2H3,(H,24,27). The topological polar surface area (TPSA) is 84.9 Å². The molecule has 0 saturated carbocycles. The number of nitrogens with one attached hydrogen (secondary N) is 1. The van der Waals surface area contributed by atoms with Crippen LogP contribution in [0.1, 0.15) is 37.0 Å². The lowest BCUT2D eigenvalue weighted by molar-refractivity contribution is -0.274. The van der Waals surface area contributed by atoms with Crippen molar-refractivity contribution >= 4 is 17.6 Å². The minimum atomic E-state index is -4.83. The molecule has 0 radical (unpaired) electrons. The summed E-state index contributed by atoms with van der Waals surface area (Å²) in [5, 5.41) is 2.66. The Kier molecular flexibility index (Phi) is 6.35. The zero-order valence-electron chi connectivity index (χ0n) is 16.6. The van der Waals surface area contributed by atoms with Crippen LogP contribution in [0.15, 0.2) is 24.3 Å². The van der Waals surface area contributed by atoms with Crippen LogP contribution in [-0.4, -0.2) is 60.2 Å². The molecule has 3 rings (SSSR count). The molecule has 1 N–H and O–H groups in total. The average molecular weight is 428 g/mol. The molecule has 7 nitrogen and oxygen atoms in total. The molecule has 2 heterocycles. The van der Waals surface area contributed by atoms with Crippen molar-refractivity contribution in [1.29, 1.82) is 0 Å². The van der Waals surface area contributed by atoms with Gasteiger partial charge in [0.1, 0.15) is 24.4 Å². The van der Waals surface area contributed by atoms with Crippen molar-refractivity contribution in [2.24, 2.45) is 5.92 Å². The number of nitrogens with zero attached hydrogens (tertiary/aromatic N) is 1. The first-order chi connectivity index (χ1) is 14.0. The summed E-state index contributed by atoms with van der Waals surface area (Å²) in [6.07, 6.45) is -4.22. The molecular weight excluding hydrogens is 405 g/mol. The molecule has 2 saturated heterocycles. The first-order valence-corrected chi connectivity index (χ1v) is 9.66. The van der Waals surface area contributed by atoms with Gasteiger partial charge in [-0.2, -0.15) is 0 Å². The number of fused-ring (bicyclic) bond motifs is 1. The van der Waals surface area contributed by atoms with Crippen LogP contribution in [-0.2, 0) is 14.3 Å². The normalized spacial score (nSPS) is 22.2. The fourth-order valence-corrected chi connectivity index (χ4v) is 3.78. The largest absolute Gasteiger partial charge is 0.573 e. The molecule has 0 aliphatic carbocycles. The number of Topliss-reactive ketones (excluding diaryl/α,β-unsaturated/α-hetero) is 1. The van der Waals surface area contributed by atoms with E-state index in [-0.39, 0.29) is 35.9 Å². The second-order valence-electron chi connectivity index (χ2n) is 7.81. The number of amides is 2. The molecule has 30 heavy (non-hydrogen) atoms. The van der Waals surface area contributed by atoms with Crippen LogP contribution < -0.4 is 10.1 Å². The quantitative estimate of drug-likeness (QED) is 0.752. The molecule has 3 unspecified atom stereocenters. The molecular formula is C20H23F3N2O5. The number of alkyl halides is 3. The lowest BCUT2D eigenvalue weighted by Gasteiger charge is -2.28. The highest BCUT2D eigenvalue weighted by Gasteiger charge is 2.48. The van der Waals surface area contributed by atoms with E-state index < -0.39 is 30.1 Å². The lowest BCUT2D eigenvalue weighted by atomic mass is 10.0. The highest BCUT2D eigenvalue weighted by molar-refractivity contribution is 5.99. The number of likely N-dealkylation sites (tertiary alicyclic amines) is 1. The maximum absolute atomic E-state index is 13.1. The number of halogens is 3. The van der Waals surface area contributed by atoms with Crippen molar-refractivity contribution in [3.05, 3.63) is 29.8 Å². The second-order valence-corrected chi connectivity index (χ2v) is 7.81. The second kappa shape index (κ2) is 8.63. The molecule has 3 atom stereocenters. The van der Waals surface area contributed by atoms with Gasteiger partial charge in [0, 0.05) is 12.1 Å². The Morgan fingerprint density at radius 2 is 1.93 bits per heavy atom. The Balaban J connectivity index is 1.70. The van der Waals surface area contributed by atoms with Gasteiger partial charge < -0.3 is 19.7 Å². The van der Waals surface area contributed by atoms with E-state index in [1.54, 1.807) is 0 Å². The van der Waals surface area contributed by atoms with Gasteiger partial charge in [0.25, 0.3) is 5.91 Å². The first-order valence-electron chi connectivity index (χ1n) is 9.66. The van der Waals surface area contributed by atoms with Gasteiger partial charge in [0.2, 0.25) is 5.91 Å². The number of hydrogen-bond donors (Lipinski definition) is 1. The molecule has 2 fully saturated rings. The molecule has 1 aromatic rings. The molecule has 0 spiro atoms. The number of ether oxygens (including phenoxy) is 2. The van der Waals surface area contributed by atoms with Crippen LogP contribution in [0.4, 0.5) is 13.2 Å². The Labute approximate surface area is 171 Å². The molecule has 0 aromatic heterocycles. The SMILES string of the molecule is CC(C)CC(NC(=O)c1ccc(OC(F)(F)F)cc1)C(=O)N1CCC2OCC(=O)C21. The number of benzene rings is 1. The van der Waals surface area contributed by atoms with Gasteiger partial charge in [-0.15, -0.1) is 13.2 Å². The van der Waals surface area contributed by atoms with Gasteiger partial charge in [0.15, 0.2) is 5.78 Å². The van der Waals surface area contributed by atoms with Crippen LogP contribution in [0, 0.1) is 5.92 Å². The molecule has 2 aliphatic rings. The third-order valence-corrected chi connectivity index (χ3v) is 5.06. The maximum Gasteiger partial charge on any atom is 0.573 e. The van der Waals surface area contributed by atoms with E-state index in [1.165, 1.54) is 17.0 Å². The highest BCUT2D eigenvalue weighted by atomic mass is 19.4. The number of rotatable bonds is 6. The smallest absolute Gasteiger partial charge is 0.406 e. The van der Waals surface area contributed by atoms with Crippen LogP contribution in [0.5, 0.6) is 5.75 Å². The summed E-state index contributed by atoms with van der Waals surface area (Å²) in [5.74, 6) is -1.48. The third-order valence-electron chi connectivity index (χ3n) is 5.06. The monoisotopic (exact) mass is 428 g/mol. The zero-order valence-corrected chi connectivity index (χ0v) is 16.6. The molecule has 2 aliphatic heterocycles. The summed E-state index contributed by atoms with van der Waals surface area (Å²) in [6, 6.07) is 2.95. The van der Waals surface area contributed by atoms with Crippen molar-refractivity contribution in [3.8, 4) is 5.75 Å². The van der Waals surface area contributed by atoms with E-state index >= 15 is 0 Å². The Hall–Kier alpha value is -2.62. The van der Waals surface area contributed by atoms with Crippen molar-refractivity contribution in [1.82, 2.24) is 10.2 Å². The predicted octanol–water partition coefficient (Wildman–Crippen LogP) is 2.30.